The molecule has 1 aliphatic heterocycles. The molecule has 4 rings (SSSR count). The van der Waals surface area contributed by atoms with Crippen LogP contribution in [0, 0.1) is 5.82 Å². The summed E-state index contributed by atoms with van der Waals surface area (Å²) in [5.41, 5.74) is 1.38. The van der Waals surface area contributed by atoms with Gasteiger partial charge >= 0.3 is 11.9 Å². The fourth-order valence-electron chi connectivity index (χ4n) is 3.11. The van der Waals surface area contributed by atoms with E-state index >= 15 is 0 Å². The summed E-state index contributed by atoms with van der Waals surface area (Å²) in [5, 5.41) is 0. The second-order valence-corrected chi connectivity index (χ2v) is 6.84. The first-order valence-electron chi connectivity index (χ1n) is 9.80. The van der Waals surface area contributed by atoms with Gasteiger partial charge in [-0.1, -0.05) is 18.2 Å². The Hall–Kier alpha value is -4.46. The lowest BCUT2D eigenvalue weighted by Crippen LogP contribution is -2.10. The van der Waals surface area contributed by atoms with Crippen LogP contribution in [0.25, 0.3) is 6.08 Å². The summed E-state index contributed by atoms with van der Waals surface area (Å²) in [4.78, 5) is 29.0. The number of esters is 2. The second-order valence-electron chi connectivity index (χ2n) is 6.84. The van der Waals surface area contributed by atoms with Gasteiger partial charge in [-0.2, -0.15) is 0 Å². The predicted molar refractivity (Wildman–Crippen MR) is 118 cm³/mol. The van der Waals surface area contributed by atoms with Gasteiger partial charge in [0.2, 0.25) is 5.90 Å². The van der Waals surface area contributed by atoms with Crippen LogP contribution in [-0.2, 0) is 9.53 Å². The van der Waals surface area contributed by atoms with E-state index in [1.54, 1.807) is 42.5 Å². The average Bonchev–Trinajstić information content (AvgIpc) is 3.20. The fraction of sp³-hybridized carbons (Fsp3) is 0.0800. The molecule has 0 atom stereocenters. The standard InChI is InChI=1S/C25H18FNO6/c1-30-20-6-4-3-5-18(20)24(28)32-21-12-7-15(14-22(21)31-2)13-19-25(29)33-23(27-19)16-8-10-17(26)11-9-16/h3-14H,1-2H3. The van der Waals surface area contributed by atoms with Crippen molar-refractivity contribution in [3.63, 3.8) is 0 Å². The number of hydrogen-bond acceptors (Lipinski definition) is 7. The first-order chi connectivity index (χ1) is 16.0. The molecule has 3 aromatic rings. The zero-order chi connectivity index (χ0) is 23.4. The third-order valence-electron chi connectivity index (χ3n) is 4.73. The molecule has 0 bridgehead atoms. The lowest BCUT2D eigenvalue weighted by atomic mass is 10.1. The number of ether oxygens (including phenoxy) is 4. The number of carbonyl (C=O) groups excluding carboxylic acids is 2. The molecule has 0 N–H and O–H groups in total. The van der Waals surface area contributed by atoms with E-state index in [4.69, 9.17) is 18.9 Å². The van der Waals surface area contributed by atoms with Gasteiger partial charge in [0.25, 0.3) is 0 Å². The highest BCUT2D eigenvalue weighted by molar-refractivity contribution is 6.12. The van der Waals surface area contributed by atoms with Gasteiger partial charge in [-0.3, -0.25) is 0 Å². The quantitative estimate of drug-likeness (QED) is 0.316. The highest BCUT2D eigenvalue weighted by atomic mass is 19.1. The Balaban J connectivity index is 1.58. The number of halogens is 1. The number of para-hydroxylation sites is 1. The first kappa shape index (κ1) is 21.8. The number of hydrogen-bond donors (Lipinski definition) is 0. The number of aliphatic imine (C=N–C) groups is 1. The van der Waals surface area contributed by atoms with Crippen LogP contribution in [-0.4, -0.2) is 32.1 Å². The van der Waals surface area contributed by atoms with Crippen LogP contribution in [0.2, 0.25) is 0 Å². The Morgan fingerprint density at radius 3 is 2.39 bits per heavy atom. The van der Waals surface area contributed by atoms with E-state index in [2.05, 4.69) is 4.99 Å². The van der Waals surface area contributed by atoms with Crippen molar-refractivity contribution in [3.05, 3.63) is 94.9 Å². The zero-order valence-corrected chi connectivity index (χ0v) is 17.7. The molecule has 0 amide bonds. The Labute approximate surface area is 188 Å². The van der Waals surface area contributed by atoms with Crippen molar-refractivity contribution in [2.75, 3.05) is 14.2 Å². The Morgan fingerprint density at radius 2 is 1.67 bits per heavy atom. The average molecular weight is 447 g/mol. The number of methoxy groups -OCH3 is 2. The smallest absolute Gasteiger partial charge is 0.363 e. The molecule has 0 aromatic heterocycles. The maximum Gasteiger partial charge on any atom is 0.363 e. The summed E-state index contributed by atoms with van der Waals surface area (Å²) in [7, 11) is 2.90. The molecule has 0 aliphatic carbocycles. The van der Waals surface area contributed by atoms with E-state index in [9.17, 15) is 14.0 Å². The molecule has 0 fully saturated rings. The number of benzene rings is 3. The number of carbonyl (C=O) groups is 2. The van der Waals surface area contributed by atoms with E-state index in [1.807, 2.05) is 0 Å². The molecule has 7 nitrogen and oxygen atoms in total. The molecule has 0 unspecified atom stereocenters. The first-order valence-corrected chi connectivity index (χ1v) is 9.80. The zero-order valence-electron chi connectivity index (χ0n) is 17.7. The van der Waals surface area contributed by atoms with Gasteiger partial charge < -0.3 is 18.9 Å². The van der Waals surface area contributed by atoms with E-state index in [0.29, 0.717) is 16.9 Å². The summed E-state index contributed by atoms with van der Waals surface area (Å²) >= 11 is 0. The van der Waals surface area contributed by atoms with Crippen molar-refractivity contribution in [3.8, 4) is 17.2 Å². The maximum atomic E-state index is 13.1. The van der Waals surface area contributed by atoms with Crippen LogP contribution in [0.15, 0.2) is 77.4 Å². The number of rotatable bonds is 6. The normalized spacial score (nSPS) is 14.0. The van der Waals surface area contributed by atoms with E-state index in [0.717, 1.165) is 0 Å². The molecule has 1 aliphatic rings. The van der Waals surface area contributed by atoms with Crippen LogP contribution in [0.5, 0.6) is 17.2 Å². The summed E-state index contributed by atoms with van der Waals surface area (Å²) < 4.78 is 34.3. The predicted octanol–water partition coefficient (Wildman–Crippen LogP) is 4.41. The fourth-order valence-corrected chi connectivity index (χ4v) is 3.11. The van der Waals surface area contributed by atoms with Crippen LogP contribution in [0.4, 0.5) is 4.39 Å². The third-order valence-corrected chi connectivity index (χ3v) is 4.73. The monoisotopic (exact) mass is 447 g/mol. The van der Waals surface area contributed by atoms with Gasteiger partial charge in [0, 0.05) is 5.56 Å². The van der Waals surface area contributed by atoms with Gasteiger partial charge in [0.1, 0.15) is 17.1 Å². The summed E-state index contributed by atoms with van der Waals surface area (Å²) in [6.07, 6.45) is 1.51. The molecule has 0 spiro atoms. The van der Waals surface area contributed by atoms with Gasteiger partial charge in [-0.15, -0.1) is 0 Å². The molecule has 1 heterocycles. The highest BCUT2D eigenvalue weighted by Crippen LogP contribution is 2.31. The molecule has 8 heteroatoms. The van der Waals surface area contributed by atoms with E-state index in [-0.39, 0.29) is 28.7 Å². The Bertz CT molecular complexity index is 1280. The summed E-state index contributed by atoms with van der Waals surface area (Å²) in [6.45, 7) is 0. The van der Waals surface area contributed by atoms with E-state index < -0.39 is 17.8 Å². The number of cyclic esters (lactones) is 1. The number of nitrogens with zero attached hydrogens (tertiary/aromatic N) is 1. The van der Waals surface area contributed by atoms with Crippen molar-refractivity contribution < 1.29 is 32.9 Å². The Kier molecular flexibility index (Phi) is 6.17. The molecule has 166 valence electrons. The van der Waals surface area contributed by atoms with Crippen LogP contribution in [0.3, 0.4) is 0 Å². The lowest BCUT2D eigenvalue weighted by molar-refractivity contribution is -0.129. The SMILES string of the molecule is COc1cc(C=C2N=C(c3ccc(F)cc3)OC2=O)ccc1OC(=O)c1ccccc1OC. The topological polar surface area (TPSA) is 83.4 Å². The van der Waals surface area contributed by atoms with Crippen molar-refractivity contribution in [2.45, 2.75) is 0 Å². The molecular formula is C25H18FNO6. The van der Waals surface area contributed by atoms with Crippen molar-refractivity contribution in [2.24, 2.45) is 4.99 Å². The van der Waals surface area contributed by atoms with Gasteiger partial charge in [0.15, 0.2) is 17.2 Å². The minimum Gasteiger partial charge on any atom is -0.496 e. The van der Waals surface area contributed by atoms with Crippen LogP contribution >= 0.6 is 0 Å². The molecule has 0 radical (unpaired) electrons. The van der Waals surface area contributed by atoms with Gasteiger partial charge in [-0.25, -0.2) is 19.0 Å². The van der Waals surface area contributed by atoms with Gasteiger partial charge in [0.05, 0.1) is 14.2 Å². The van der Waals surface area contributed by atoms with E-state index in [1.165, 1.54) is 44.6 Å². The maximum absolute atomic E-state index is 13.1. The molecule has 33 heavy (non-hydrogen) atoms. The molecule has 0 saturated heterocycles. The summed E-state index contributed by atoms with van der Waals surface area (Å²) in [5.74, 6) is -0.706. The molecular weight excluding hydrogens is 429 g/mol. The molecule has 3 aromatic carbocycles. The minimum atomic E-state index is -0.639. The lowest BCUT2D eigenvalue weighted by Gasteiger charge is -2.11. The largest absolute Gasteiger partial charge is 0.496 e. The van der Waals surface area contributed by atoms with Crippen molar-refractivity contribution in [1.29, 1.82) is 0 Å². The minimum absolute atomic E-state index is 0.0649. The second kappa shape index (κ2) is 9.35. The van der Waals surface area contributed by atoms with Crippen molar-refractivity contribution in [1.82, 2.24) is 0 Å². The summed E-state index contributed by atoms with van der Waals surface area (Å²) in [6, 6.07) is 16.9. The molecule has 0 saturated carbocycles. The van der Waals surface area contributed by atoms with Crippen LogP contribution in [0.1, 0.15) is 21.5 Å². The third kappa shape index (κ3) is 4.74. The Morgan fingerprint density at radius 1 is 0.939 bits per heavy atom. The van der Waals surface area contributed by atoms with Crippen molar-refractivity contribution >= 4 is 23.9 Å². The van der Waals surface area contributed by atoms with Gasteiger partial charge in [-0.05, 0) is 60.2 Å². The van der Waals surface area contributed by atoms with Crippen LogP contribution < -0.4 is 14.2 Å². The highest BCUT2D eigenvalue weighted by Gasteiger charge is 2.24.